The quantitative estimate of drug-likeness (QED) is 0.112. The first kappa shape index (κ1) is 33.7. The van der Waals surface area contributed by atoms with Crippen LogP contribution in [-0.4, -0.2) is 52.4 Å². The zero-order chi connectivity index (χ0) is 28.6. The van der Waals surface area contributed by atoms with E-state index in [2.05, 4.69) is 11.9 Å². The summed E-state index contributed by atoms with van der Waals surface area (Å²) >= 11 is 7.37. The Morgan fingerprint density at radius 3 is 2.64 bits per heavy atom. The molecule has 1 fully saturated rings. The summed E-state index contributed by atoms with van der Waals surface area (Å²) in [6, 6.07) is 8.66. The molecular formula is C27H42ClN4O5PS. The van der Waals surface area contributed by atoms with Gasteiger partial charge in [-0.25, -0.2) is 4.79 Å². The number of hydrogen-bond acceptors (Lipinski definition) is 9. The van der Waals surface area contributed by atoms with E-state index >= 15 is 0 Å². The van der Waals surface area contributed by atoms with E-state index in [1.54, 1.807) is 31.5 Å². The number of benzene rings is 1. The normalized spacial score (nSPS) is 19.8. The van der Waals surface area contributed by atoms with Crippen LogP contribution in [0.5, 0.6) is 0 Å². The molecule has 5 unspecified atom stereocenters. The lowest BCUT2D eigenvalue weighted by Crippen LogP contribution is -2.29. The van der Waals surface area contributed by atoms with Crippen molar-refractivity contribution in [1.82, 2.24) is 13.6 Å². The van der Waals surface area contributed by atoms with Crippen LogP contribution in [-0.2, 0) is 18.8 Å². The highest BCUT2D eigenvalue weighted by Gasteiger charge is 2.34. The molecule has 2 heterocycles. The Bertz CT molecular complexity index is 1030. The van der Waals surface area contributed by atoms with E-state index in [1.807, 2.05) is 30.1 Å². The zero-order valence-corrected chi connectivity index (χ0v) is 25.8. The molecular weight excluding hydrogens is 559 g/mol. The first-order chi connectivity index (χ1) is 18.8. The van der Waals surface area contributed by atoms with E-state index < -0.39 is 11.9 Å². The first-order valence-corrected chi connectivity index (χ1v) is 15.3. The van der Waals surface area contributed by atoms with Crippen molar-refractivity contribution in [3.63, 3.8) is 0 Å². The minimum atomic E-state index is -0.430. The van der Waals surface area contributed by atoms with Gasteiger partial charge in [0.05, 0.1) is 27.7 Å². The summed E-state index contributed by atoms with van der Waals surface area (Å²) in [5.41, 5.74) is 5.13. The maximum absolute atomic E-state index is 12.1. The predicted octanol–water partition coefficient (Wildman–Crippen LogP) is 6.13. The number of aromatic nitrogens is 2. The van der Waals surface area contributed by atoms with Gasteiger partial charge < -0.3 is 24.5 Å². The van der Waals surface area contributed by atoms with Crippen molar-refractivity contribution >= 4 is 44.6 Å². The van der Waals surface area contributed by atoms with Crippen molar-refractivity contribution in [2.24, 2.45) is 5.92 Å². The average Bonchev–Trinajstić information content (AvgIpc) is 3.29. The van der Waals surface area contributed by atoms with Crippen LogP contribution in [0.1, 0.15) is 65.5 Å². The van der Waals surface area contributed by atoms with E-state index in [0.717, 1.165) is 24.2 Å². The zero-order valence-electron chi connectivity index (χ0n) is 23.3. The van der Waals surface area contributed by atoms with Gasteiger partial charge in [-0.2, -0.15) is 9.06 Å². The van der Waals surface area contributed by atoms with Crippen molar-refractivity contribution in [2.75, 3.05) is 26.1 Å². The number of carbonyl (C=O) groups excluding carboxylic acids is 1. The number of rotatable bonds is 15. The molecule has 0 saturated carbocycles. The fourth-order valence-corrected chi connectivity index (χ4v) is 5.94. The fraction of sp³-hybridized carbons (Fsp3) is 0.593. The second-order valence-electron chi connectivity index (χ2n) is 9.46. The highest BCUT2D eigenvalue weighted by molar-refractivity contribution is 8.00. The summed E-state index contributed by atoms with van der Waals surface area (Å²) in [6.45, 7) is 7.36. The van der Waals surface area contributed by atoms with Crippen molar-refractivity contribution in [3.8, 4) is 0 Å². The Labute approximate surface area is 243 Å². The van der Waals surface area contributed by atoms with E-state index in [0.29, 0.717) is 11.6 Å². The molecule has 2 N–H and O–H groups in total. The van der Waals surface area contributed by atoms with E-state index in [4.69, 9.17) is 31.3 Å². The fourth-order valence-electron chi connectivity index (χ4n) is 3.88. The molecule has 12 heteroatoms. The van der Waals surface area contributed by atoms with Crippen LogP contribution in [0.25, 0.3) is 0 Å². The van der Waals surface area contributed by atoms with E-state index in [1.165, 1.54) is 48.6 Å². The number of nitrogens with zero attached hydrogens (tertiary/aromatic N) is 3. The van der Waals surface area contributed by atoms with Crippen LogP contribution in [0.15, 0.2) is 46.2 Å². The lowest BCUT2D eigenvalue weighted by atomic mass is 10.1. The molecule has 1 saturated heterocycles. The van der Waals surface area contributed by atoms with Gasteiger partial charge in [0.1, 0.15) is 18.3 Å². The van der Waals surface area contributed by atoms with Gasteiger partial charge in [-0.1, -0.05) is 51.1 Å². The van der Waals surface area contributed by atoms with Gasteiger partial charge in [-0.3, -0.25) is 4.57 Å². The molecule has 0 spiro atoms. The highest BCUT2D eigenvalue weighted by atomic mass is 35.5. The summed E-state index contributed by atoms with van der Waals surface area (Å²) in [5.74, 6) is 0.309. The van der Waals surface area contributed by atoms with Gasteiger partial charge in [0.15, 0.2) is 0 Å². The standard InChI is InChI=1S/C19H24ClN4O4PS.C8H18O/c1-12-9-15(28-18(12)23-8-7-17(21)22-19(23)26)11-27-29-24(13(2)10-25)30-16-5-3-14(20)4-6-16;1-3-4-5-6-7-8-9-2/h3-8,10,12-13,15,18,29H,9,11H2,1-2H3,(H2,21,22,26);3-8H2,1-2H3. The lowest BCUT2D eigenvalue weighted by Gasteiger charge is -2.24. The predicted molar refractivity (Wildman–Crippen MR) is 160 cm³/mol. The van der Waals surface area contributed by atoms with Crippen molar-refractivity contribution < 1.29 is 18.8 Å². The third-order valence-electron chi connectivity index (χ3n) is 6.04. The summed E-state index contributed by atoms with van der Waals surface area (Å²) < 4.78 is 20.2. The number of carbonyl (C=O) groups is 1. The summed E-state index contributed by atoms with van der Waals surface area (Å²) in [5, 5.41) is 0.658. The molecule has 9 nitrogen and oxygen atoms in total. The Hall–Kier alpha value is -1.52. The smallest absolute Gasteiger partial charge is 0.351 e. The summed E-state index contributed by atoms with van der Waals surface area (Å²) in [6.07, 6.45) is 9.32. The number of anilines is 1. The third-order valence-corrected chi connectivity index (χ3v) is 8.68. The van der Waals surface area contributed by atoms with Crippen LogP contribution >= 0.6 is 32.5 Å². The molecule has 1 aromatic carbocycles. The summed E-state index contributed by atoms with van der Waals surface area (Å²) in [7, 11) is 1.73. The number of halogens is 1. The van der Waals surface area contributed by atoms with Crippen molar-refractivity contribution in [1.29, 1.82) is 0 Å². The molecule has 1 aliphatic rings. The van der Waals surface area contributed by atoms with Gasteiger partial charge in [-0.15, -0.1) is 0 Å². The monoisotopic (exact) mass is 600 g/mol. The van der Waals surface area contributed by atoms with Gasteiger partial charge in [0.25, 0.3) is 0 Å². The second-order valence-corrected chi connectivity index (χ2v) is 12.2. The van der Waals surface area contributed by atoms with Crippen molar-refractivity contribution in [2.45, 2.75) is 82.6 Å². The van der Waals surface area contributed by atoms with Gasteiger partial charge in [0, 0.05) is 35.7 Å². The van der Waals surface area contributed by atoms with Crippen molar-refractivity contribution in [3.05, 3.63) is 52.0 Å². The molecule has 2 aromatic rings. The molecule has 39 heavy (non-hydrogen) atoms. The number of unbranched alkanes of at least 4 members (excludes halogenated alkanes) is 4. The molecule has 3 rings (SSSR count). The Balaban J connectivity index is 0.000000510. The Morgan fingerprint density at radius 2 is 2.00 bits per heavy atom. The topological polar surface area (TPSA) is 109 Å². The Kier molecular flexibility index (Phi) is 16.2. The average molecular weight is 601 g/mol. The van der Waals surface area contributed by atoms with E-state index in [-0.39, 0.29) is 32.8 Å². The van der Waals surface area contributed by atoms with Crippen LogP contribution in [0.2, 0.25) is 5.02 Å². The lowest BCUT2D eigenvalue weighted by molar-refractivity contribution is -0.109. The van der Waals surface area contributed by atoms with Crippen LogP contribution in [0.3, 0.4) is 0 Å². The SMILES string of the molecule is CC1CC(COPN(Sc2ccc(Cl)cc2)C(C)C=O)OC1n1ccc(N)nc1=O.CCCCCCCOC. The van der Waals surface area contributed by atoms with Crippen LogP contribution in [0, 0.1) is 5.92 Å². The number of aldehydes is 1. The molecule has 0 aliphatic carbocycles. The van der Waals surface area contributed by atoms with Gasteiger partial charge in [-0.05, 0) is 62.0 Å². The van der Waals surface area contributed by atoms with Crippen LogP contribution in [0.4, 0.5) is 5.82 Å². The first-order valence-electron chi connectivity index (χ1n) is 13.3. The number of nitrogens with two attached hydrogens (primary N) is 1. The number of ether oxygens (including phenoxy) is 2. The minimum absolute atomic E-state index is 0.0387. The maximum atomic E-state index is 12.1. The maximum Gasteiger partial charge on any atom is 0.351 e. The molecule has 1 aromatic heterocycles. The molecule has 1 aliphatic heterocycles. The largest absolute Gasteiger partial charge is 0.385 e. The molecule has 0 radical (unpaired) electrons. The molecule has 0 bridgehead atoms. The minimum Gasteiger partial charge on any atom is -0.385 e. The Morgan fingerprint density at radius 1 is 1.28 bits per heavy atom. The number of hydrogen-bond donors (Lipinski definition) is 1. The highest BCUT2D eigenvalue weighted by Crippen LogP contribution is 2.38. The van der Waals surface area contributed by atoms with E-state index in [9.17, 15) is 9.59 Å². The number of methoxy groups -OCH3 is 1. The molecule has 218 valence electrons. The third kappa shape index (κ3) is 12.3. The number of nitrogen functional groups attached to an aromatic ring is 1. The second kappa shape index (κ2) is 18.8. The van der Waals surface area contributed by atoms with Gasteiger partial charge >= 0.3 is 5.69 Å². The van der Waals surface area contributed by atoms with Crippen LogP contribution < -0.4 is 11.4 Å². The summed E-state index contributed by atoms with van der Waals surface area (Å²) in [4.78, 5) is 28.1. The molecule has 5 atom stereocenters. The molecule has 0 amide bonds. The van der Waals surface area contributed by atoms with Gasteiger partial charge in [0.2, 0.25) is 0 Å².